The SMILES string of the molecule is COC(=O)[C@H](Cc1ccc2ccccc2c1)ONC(C)=O. The summed E-state index contributed by atoms with van der Waals surface area (Å²) in [5, 5.41) is 2.21. The molecule has 5 heteroatoms. The molecule has 0 aliphatic rings. The topological polar surface area (TPSA) is 64.6 Å². The van der Waals surface area contributed by atoms with Crippen molar-refractivity contribution in [1.29, 1.82) is 0 Å². The third-order valence-electron chi connectivity index (χ3n) is 3.04. The largest absolute Gasteiger partial charge is 0.467 e. The van der Waals surface area contributed by atoms with E-state index in [1.165, 1.54) is 14.0 Å². The predicted molar refractivity (Wildman–Crippen MR) is 78.4 cm³/mol. The summed E-state index contributed by atoms with van der Waals surface area (Å²) in [6.07, 6.45) is -0.558. The molecule has 1 N–H and O–H groups in total. The van der Waals surface area contributed by atoms with Crippen molar-refractivity contribution in [3.05, 3.63) is 48.0 Å². The van der Waals surface area contributed by atoms with Crippen LogP contribution in [0.1, 0.15) is 12.5 Å². The number of carbonyl (C=O) groups is 2. The van der Waals surface area contributed by atoms with E-state index in [1.807, 2.05) is 42.5 Å². The lowest BCUT2D eigenvalue weighted by Gasteiger charge is -2.15. The third-order valence-corrected chi connectivity index (χ3v) is 3.04. The molecule has 0 aromatic heterocycles. The smallest absolute Gasteiger partial charge is 0.338 e. The predicted octanol–water partition coefficient (Wildman–Crippen LogP) is 1.99. The lowest BCUT2D eigenvalue weighted by Crippen LogP contribution is -2.35. The van der Waals surface area contributed by atoms with Crippen molar-refractivity contribution in [2.24, 2.45) is 0 Å². The summed E-state index contributed by atoms with van der Waals surface area (Å²) in [7, 11) is 1.28. The van der Waals surface area contributed by atoms with E-state index in [-0.39, 0.29) is 5.91 Å². The maximum absolute atomic E-state index is 11.7. The monoisotopic (exact) mass is 287 g/mol. The fraction of sp³-hybridized carbons (Fsp3) is 0.250. The number of nitrogens with one attached hydrogen (secondary N) is 1. The van der Waals surface area contributed by atoms with Crippen LogP contribution in [-0.2, 0) is 25.6 Å². The van der Waals surface area contributed by atoms with Crippen LogP contribution in [0.3, 0.4) is 0 Å². The van der Waals surface area contributed by atoms with E-state index < -0.39 is 12.1 Å². The Bertz CT molecular complexity index is 654. The van der Waals surface area contributed by atoms with Crippen molar-refractivity contribution < 1.29 is 19.2 Å². The minimum atomic E-state index is -0.875. The molecule has 0 aliphatic carbocycles. The van der Waals surface area contributed by atoms with Crippen molar-refractivity contribution in [1.82, 2.24) is 5.48 Å². The van der Waals surface area contributed by atoms with Gasteiger partial charge < -0.3 is 4.74 Å². The maximum atomic E-state index is 11.7. The third kappa shape index (κ3) is 4.03. The van der Waals surface area contributed by atoms with Gasteiger partial charge in [-0.25, -0.2) is 10.3 Å². The van der Waals surface area contributed by atoms with E-state index in [2.05, 4.69) is 10.2 Å². The molecule has 5 nitrogen and oxygen atoms in total. The number of esters is 1. The van der Waals surface area contributed by atoms with Crippen molar-refractivity contribution in [2.75, 3.05) is 7.11 Å². The molecule has 1 atom stereocenters. The molecule has 0 spiro atoms. The van der Waals surface area contributed by atoms with Crippen LogP contribution in [0.5, 0.6) is 0 Å². The Balaban J connectivity index is 2.16. The van der Waals surface area contributed by atoms with Crippen LogP contribution in [0.15, 0.2) is 42.5 Å². The molecule has 0 fully saturated rings. The maximum Gasteiger partial charge on any atom is 0.338 e. The number of benzene rings is 2. The quantitative estimate of drug-likeness (QED) is 0.674. The molecule has 21 heavy (non-hydrogen) atoms. The van der Waals surface area contributed by atoms with Gasteiger partial charge in [0, 0.05) is 13.3 Å². The van der Waals surface area contributed by atoms with Gasteiger partial charge in [0.15, 0.2) is 6.10 Å². The van der Waals surface area contributed by atoms with Gasteiger partial charge in [-0.15, -0.1) is 0 Å². The lowest BCUT2D eigenvalue weighted by atomic mass is 10.0. The van der Waals surface area contributed by atoms with Crippen molar-refractivity contribution in [3.63, 3.8) is 0 Å². The van der Waals surface area contributed by atoms with Gasteiger partial charge in [-0.1, -0.05) is 42.5 Å². The summed E-state index contributed by atoms with van der Waals surface area (Å²) >= 11 is 0. The van der Waals surface area contributed by atoms with Crippen LogP contribution in [0, 0.1) is 0 Å². The van der Waals surface area contributed by atoms with E-state index in [1.54, 1.807) is 0 Å². The molecule has 0 aliphatic heterocycles. The molecule has 0 saturated heterocycles. The van der Waals surface area contributed by atoms with E-state index in [9.17, 15) is 9.59 Å². The molecule has 110 valence electrons. The van der Waals surface area contributed by atoms with Gasteiger partial charge >= 0.3 is 5.97 Å². The summed E-state index contributed by atoms with van der Waals surface area (Å²) in [4.78, 5) is 27.7. The Kier molecular flexibility index (Phi) is 4.90. The second-order valence-electron chi connectivity index (χ2n) is 4.67. The Morgan fingerprint density at radius 2 is 1.86 bits per heavy atom. The number of hydrogen-bond donors (Lipinski definition) is 1. The fourth-order valence-electron chi connectivity index (χ4n) is 2.04. The standard InChI is InChI=1S/C16H17NO4/c1-11(18)17-21-15(16(19)20-2)10-12-7-8-13-5-3-4-6-14(13)9-12/h3-9,15H,10H2,1-2H3,(H,17,18)/t15-/m0/s1. The van der Waals surface area contributed by atoms with Crippen LogP contribution >= 0.6 is 0 Å². The molecular formula is C16H17NO4. The first-order valence-electron chi connectivity index (χ1n) is 6.58. The van der Waals surface area contributed by atoms with Crippen LogP contribution in [-0.4, -0.2) is 25.1 Å². The van der Waals surface area contributed by atoms with Gasteiger partial charge in [0.05, 0.1) is 7.11 Å². The Morgan fingerprint density at radius 1 is 1.14 bits per heavy atom. The van der Waals surface area contributed by atoms with Crippen molar-refractivity contribution in [3.8, 4) is 0 Å². The number of methoxy groups -OCH3 is 1. The summed E-state index contributed by atoms with van der Waals surface area (Å²) in [5.74, 6) is -0.903. The number of rotatable bonds is 5. The van der Waals surface area contributed by atoms with E-state index in [0.717, 1.165) is 16.3 Å². The molecule has 0 heterocycles. The number of fused-ring (bicyclic) bond motifs is 1. The van der Waals surface area contributed by atoms with Crippen molar-refractivity contribution >= 4 is 22.6 Å². The van der Waals surface area contributed by atoms with Crippen LogP contribution < -0.4 is 5.48 Å². The molecule has 2 aromatic rings. The molecule has 2 aromatic carbocycles. The van der Waals surface area contributed by atoms with Gasteiger partial charge in [-0.3, -0.25) is 9.63 Å². The first-order valence-corrected chi connectivity index (χ1v) is 6.58. The second-order valence-corrected chi connectivity index (χ2v) is 4.67. The zero-order chi connectivity index (χ0) is 15.2. The fourth-order valence-corrected chi connectivity index (χ4v) is 2.04. The molecule has 2 rings (SSSR count). The van der Waals surface area contributed by atoms with Crippen molar-refractivity contribution in [2.45, 2.75) is 19.4 Å². The van der Waals surface area contributed by atoms with E-state index >= 15 is 0 Å². The van der Waals surface area contributed by atoms with Crippen LogP contribution in [0.2, 0.25) is 0 Å². The van der Waals surface area contributed by atoms with Gasteiger partial charge in [-0.05, 0) is 16.3 Å². The second kappa shape index (κ2) is 6.85. The van der Waals surface area contributed by atoms with E-state index in [4.69, 9.17) is 4.84 Å². The number of amides is 1. The highest BCUT2D eigenvalue weighted by molar-refractivity contribution is 5.83. The summed E-state index contributed by atoms with van der Waals surface area (Å²) in [6, 6.07) is 13.8. The highest BCUT2D eigenvalue weighted by Crippen LogP contribution is 2.17. The normalized spacial score (nSPS) is 11.9. The van der Waals surface area contributed by atoms with Crippen LogP contribution in [0.4, 0.5) is 0 Å². The minimum absolute atomic E-state index is 0.317. The Morgan fingerprint density at radius 3 is 2.52 bits per heavy atom. The van der Waals surface area contributed by atoms with Gasteiger partial charge in [0.25, 0.3) is 0 Å². The zero-order valence-corrected chi connectivity index (χ0v) is 12.0. The number of hydroxylamine groups is 1. The first kappa shape index (κ1) is 15.0. The minimum Gasteiger partial charge on any atom is -0.467 e. The number of carbonyl (C=O) groups excluding carboxylic acids is 2. The Hall–Kier alpha value is -2.40. The average Bonchev–Trinajstić information content (AvgIpc) is 2.50. The summed E-state index contributed by atoms with van der Waals surface area (Å²) < 4.78 is 4.69. The van der Waals surface area contributed by atoms with Gasteiger partial charge in [0.2, 0.25) is 5.91 Å². The molecule has 1 amide bonds. The highest BCUT2D eigenvalue weighted by Gasteiger charge is 2.21. The van der Waals surface area contributed by atoms with Gasteiger partial charge in [-0.2, -0.15) is 0 Å². The number of ether oxygens (including phenoxy) is 1. The molecular weight excluding hydrogens is 270 g/mol. The molecule has 0 radical (unpaired) electrons. The first-order chi connectivity index (χ1) is 10.1. The Labute approximate surface area is 122 Å². The van der Waals surface area contributed by atoms with E-state index in [0.29, 0.717) is 6.42 Å². The zero-order valence-electron chi connectivity index (χ0n) is 12.0. The molecule has 0 bridgehead atoms. The number of hydrogen-bond acceptors (Lipinski definition) is 4. The van der Waals surface area contributed by atoms with Gasteiger partial charge in [0.1, 0.15) is 0 Å². The molecule has 0 saturated carbocycles. The lowest BCUT2D eigenvalue weighted by molar-refractivity contribution is -0.162. The summed E-state index contributed by atoms with van der Waals surface area (Å²) in [5.41, 5.74) is 3.10. The van der Waals surface area contributed by atoms with Crippen LogP contribution in [0.25, 0.3) is 10.8 Å². The summed E-state index contributed by atoms with van der Waals surface area (Å²) in [6.45, 7) is 1.31. The molecule has 0 unspecified atom stereocenters. The average molecular weight is 287 g/mol. The highest BCUT2D eigenvalue weighted by atomic mass is 16.7.